The number of methoxy groups -OCH3 is 1. The molecule has 0 aromatic heterocycles. The van der Waals surface area contributed by atoms with Gasteiger partial charge in [-0.3, -0.25) is 0 Å². The first kappa shape index (κ1) is 13.7. The van der Waals surface area contributed by atoms with Crippen molar-refractivity contribution in [2.75, 3.05) is 20.3 Å². The lowest BCUT2D eigenvalue weighted by atomic mass is 10.1. The fourth-order valence-electron chi connectivity index (χ4n) is 1.56. The quantitative estimate of drug-likeness (QED) is 0.774. The first-order chi connectivity index (χ1) is 7.74. The molecule has 1 atom stereocenters. The molecule has 0 bridgehead atoms. The summed E-state index contributed by atoms with van der Waals surface area (Å²) >= 11 is 3.44. The van der Waals surface area contributed by atoms with Gasteiger partial charge in [0.05, 0.1) is 0 Å². The van der Waals surface area contributed by atoms with Gasteiger partial charge in [-0.1, -0.05) is 28.1 Å². The van der Waals surface area contributed by atoms with Crippen molar-refractivity contribution in [1.29, 1.82) is 0 Å². The van der Waals surface area contributed by atoms with Gasteiger partial charge in [0, 0.05) is 24.2 Å². The Morgan fingerprint density at radius 1 is 1.25 bits per heavy atom. The highest BCUT2D eigenvalue weighted by Crippen LogP contribution is 2.16. The van der Waals surface area contributed by atoms with Crippen molar-refractivity contribution < 1.29 is 4.74 Å². The number of hydrogen-bond acceptors (Lipinski definition) is 2. The maximum absolute atomic E-state index is 5.01. The molecular formula is C13H20BrNO. The highest BCUT2D eigenvalue weighted by Gasteiger charge is 2.03. The van der Waals surface area contributed by atoms with Gasteiger partial charge in [0.2, 0.25) is 0 Å². The molecule has 0 amide bonds. The third-order valence-corrected chi connectivity index (χ3v) is 3.12. The van der Waals surface area contributed by atoms with Crippen molar-refractivity contribution in [2.45, 2.75) is 25.8 Å². The number of ether oxygens (including phenoxy) is 1. The van der Waals surface area contributed by atoms with E-state index in [-0.39, 0.29) is 0 Å². The van der Waals surface area contributed by atoms with Gasteiger partial charge in [0.1, 0.15) is 0 Å². The van der Waals surface area contributed by atoms with Crippen molar-refractivity contribution in [3.8, 4) is 0 Å². The van der Waals surface area contributed by atoms with Gasteiger partial charge in [-0.15, -0.1) is 0 Å². The number of hydrogen-bond donors (Lipinski definition) is 1. The molecule has 16 heavy (non-hydrogen) atoms. The van der Waals surface area contributed by atoms with Gasteiger partial charge in [-0.25, -0.2) is 0 Å². The Hall–Kier alpha value is -0.380. The molecule has 1 N–H and O–H groups in total. The standard InChI is InChI=1S/C13H20BrNO/c1-11(15-9-3-4-10-16-2)12-5-7-13(14)8-6-12/h5-8,11,15H,3-4,9-10H2,1-2H3. The van der Waals surface area contributed by atoms with Crippen LogP contribution < -0.4 is 5.32 Å². The molecule has 3 heteroatoms. The molecule has 0 aliphatic rings. The van der Waals surface area contributed by atoms with E-state index in [0.717, 1.165) is 30.5 Å². The molecule has 0 heterocycles. The van der Waals surface area contributed by atoms with Gasteiger partial charge in [0.25, 0.3) is 0 Å². The minimum absolute atomic E-state index is 0.413. The van der Waals surface area contributed by atoms with Gasteiger partial charge in [-0.2, -0.15) is 0 Å². The van der Waals surface area contributed by atoms with Crippen LogP contribution in [0, 0.1) is 0 Å². The maximum atomic E-state index is 5.01. The van der Waals surface area contributed by atoms with Crippen molar-refractivity contribution in [3.05, 3.63) is 34.3 Å². The molecule has 0 saturated carbocycles. The van der Waals surface area contributed by atoms with Gasteiger partial charge >= 0.3 is 0 Å². The lowest BCUT2D eigenvalue weighted by Crippen LogP contribution is -2.20. The fraction of sp³-hybridized carbons (Fsp3) is 0.538. The monoisotopic (exact) mass is 285 g/mol. The lowest BCUT2D eigenvalue weighted by molar-refractivity contribution is 0.192. The summed E-state index contributed by atoms with van der Waals surface area (Å²) in [5, 5.41) is 3.51. The summed E-state index contributed by atoms with van der Waals surface area (Å²) in [4.78, 5) is 0. The highest BCUT2D eigenvalue weighted by molar-refractivity contribution is 9.10. The molecule has 0 spiro atoms. The first-order valence-electron chi connectivity index (χ1n) is 5.72. The predicted molar refractivity (Wildman–Crippen MR) is 71.7 cm³/mol. The Kier molecular flexibility index (Phi) is 6.69. The molecule has 90 valence electrons. The molecule has 0 aliphatic carbocycles. The molecule has 1 aromatic carbocycles. The third kappa shape index (κ3) is 5.10. The van der Waals surface area contributed by atoms with E-state index in [1.165, 1.54) is 5.56 Å². The van der Waals surface area contributed by atoms with Crippen LogP contribution in [0.15, 0.2) is 28.7 Å². The number of unbranched alkanes of at least 4 members (excludes halogenated alkanes) is 1. The zero-order valence-electron chi connectivity index (χ0n) is 10.0. The highest BCUT2D eigenvalue weighted by atomic mass is 79.9. The first-order valence-corrected chi connectivity index (χ1v) is 6.51. The van der Waals surface area contributed by atoms with Crippen LogP contribution in [0.5, 0.6) is 0 Å². The van der Waals surface area contributed by atoms with Gasteiger partial charge in [-0.05, 0) is 44.0 Å². The zero-order valence-corrected chi connectivity index (χ0v) is 11.6. The Balaban J connectivity index is 2.24. The Morgan fingerprint density at radius 2 is 1.94 bits per heavy atom. The van der Waals surface area contributed by atoms with E-state index in [1.54, 1.807) is 7.11 Å². The average Bonchev–Trinajstić information content (AvgIpc) is 2.29. The van der Waals surface area contributed by atoms with Crippen LogP contribution in [-0.2, 0) is 4.74 Å². The minimum atomic E-state index is 0.413. The molecule has 1 aromatic rings. The lowest BCUT2D eigenvalue weighted by Gasteiger charge is -2.14. The van der Waals surface area contributed by atoms with Crippen LogP contribution >= 0.6 is 15.9 Å². The van der Waals surface area contributed by atoms with E-state index >= 15 is 0 Å². The molecule has 0 fully saturated rings. The van der Waals surface area contributed by atoms with E-state index < -0.39 is 0 Å². The second-order valence-corrected chi connectivity index (χ2v) is 4.84. The van der Waals surface area contributed by atoms with Crippen LogP contribution in [0.25, 0.3) is 0 Å². The molecule has 0 radical (unpaired) electrons. The molecule has 1 unspecified atom stereocenters. The molecule has 2 nitrogen and oxygen atoms in total. The number of benzene rings is 1. The smallest absolute Gasteiger partial charge is 0.0462 e. The van der Waals surface area contributed by atoms with E-state index in [9.17, 15) is 0 Å². The molecule has 1 rings (SSSR count). The van der Waals surface area contributed by atoms with Gasteiger partial charge < -0.3 is 10.1 Å². The predicted octanol–water partition coefficient (Wildman–Crippen LogP) is 3.53. The Morgan fingerprint density at radius 3 is 2.56 bits per heavy atom. The maximum Gasteiger partial charge on any atom is 0.0462 e. The number of halogens is 1. The summed E-state index contributed by atoms with van der Waals surface area (Å²) in [5.74, 6) is 0. The van der Waals surface area contributed by atoms with E-state index in [0.29, 0.717) is 6.04 Å². The number of rotatable bonds is 7. The largest absolute Gasteiger partial charge is 0.385 e. The second-order valence-electron chi connectivity index (χ2n) is 3.93. The van der Waals surface area contributed by atoms with Crippen molar-refractivity contribution in [3.63, 3.8) is 0 Å². The zero-order chi connectivity index (χ0) is 11.8. The summed E-state index contributed by atoms with van der Waals surface area (Å²) in [6.45, 7) is 4.09. The van der Waals surface area contributed by atoms with E-state index in [1.807, 2.05) is 0 Å². The van der Waals surface area contributed by atoms with E-state index in [2.05, 4.69) is 52.4 Å². The summed E-state index contributed by atoms with van der Waals surface area (Å²) in [7, 11) is 1.75. The minimum Gasteiger partial charge on any atom is -0.385 e. The van der Waals surface area contributed by atoms with Crippen molar-refractivity contribution >= 4 is 15.9 Å². The Bertz CT molecular complexity index is 286. The van der Waals surface area contributed by atoms with Crippen LogP contribution in [0.3, 0.4) is 0 Å². The van der Waals surface area contributed by atoms with Crippen molar-refractivity contribution in [1.82, 2.24) is 5.32 Å². The summed E-state index contributed by atoms with van der Waals surface area (Å²) in [5.41, 5.74) is 1.33. The SMILES string of the molecule is COCCCCNC(C)c1ccc(Br)cc1. The molecular weight excluding hydrogens is 266 g/mol. The van der Waals surface area contributed by atoms with E-state index in [4.69, 9.17) is 4.74 Å². The Labute approximate surface area is 107 Å². The summed E-state index contributed by atoms with van der Waals surface area (Å²) in [6.07, 6.45) is 2.28. The summed E-state index contributed by atoms with van der Waals surface area (Å²) in [6, 6.07) is 8.88. The van der Waals surface area contributed by atoms with Crippen molar-refractivity contribution in [2.24, 2.45) is 0 Å². The average molecular weight is 286 g/mol. The topological polar surface area (TPSA) is 21.3 Å². The van der Waals surface area contributed by atoms with Crippen LogP contribution in [0.2, 0.25) is 0 Å². The van der Waals surface area contributed by atoms with Crippen LogP contribution in [0.4, 0.5) is 0 Å². The van der Waals surface area contributed by atoms with Crippen LogP contribution in [-0.4, -0.2) is 20.3 Å². The number of nitrogens with one attached hydrogen (secondary N) is 1. The molecule has 0 saturated heterocycles. The van der Waals surface area contributed by atoms with Gasteiger partial charge in [0.15, 0.2) is 0 Å². The summed E-state index contributed by atoms with van der Waals surface area (Å²) < 4.78 is 6.14. The molecule has 0 aliphatic heterocycles. The van der Waals surface area contributed by atoms with Crippen LogP contribution in [0.1, 0.15) is 31.4 Å². The normalized spacial score (nSPS) is 12.7. The third-order valence-electron chi connectivity index (χ3n) is 2.60. The fourth-order valence-corrected chi connectivity index (χ4v) is 1.82. The second kappa shape index (κ2) is 7.82.